The first kappa shape index (κ1) is 24.8. The molecule has 0 aromatic carbocycles. The van der Waals surface area contributed by atoms with Gasteiger partial charge in [0.15, 0.2) is 11.4 Å². The number of likely N-dealkylation sites (N-methyl/N-ethyl adjacent to an activating group) is 1. The Labute approximate surface area is 214 Å². The number of pyridine rings is 1. The van der Waals surface area contributed by atoms with Crippen LogP contribution in [0.2, 0.25) is 0 Å². The number of carboxylic acid groups (broad SMARTS) is 1. The summed E-state index contributed by atoms with van der Waals surface area (Å²) in [6, 6.07) is 7.34. The van der Waals surface area contributed by atoms with E-state index in [9.17, 15) is 4.79 Å². The highest BCUT2D eigenvalue weighted by molar-refractivity contribution is 5.91. The van der Waals surface area contributed by atoms with Crippen molar-refractivity contribution in [3.8, 4) is 17.3 Å². The summed E-state index contributed by atoms with van der Waals surface area (Å²) in [5.74, 6) is 1.91. The second-order valence-corrected chi connectivity index (χ2v) is 10.1. The molecule has 1 saturated carbocycles. The van der Waals surface area contributed by atoms with Crippen molar-refractivity contribution >= 4 is 28.5 Å². The summed E-state index contributed by atoms with van der Waals surface area (Å²) in [6.07, 6.45) is 3.59. The Morgan fingerprint density at radius 1 is 1.27 bits per heavy atom. The van der Waals surface area contributed by atoms with Gasteiger partial charge in [0, 0.05) is 44.2 Å². The Balaban J connectivity index is 1.38. The van der Waals surface area contributed by atoms with E-state index in [2.05, 4.69) is 32.2 Å². The number of anilines is 1. The summed E-state index contributed by atoms with van der Waals surface area (Å²) in [7, 11) is 0. The molecule has 1 fully saturated rings. The summed E-state index contributed by atoms with van der Waals surface area (Å²) in [5.41, 5.74) is 1.88. The van der Waals surface area contributed by atoms with Crippen LogP contribution in [0.5, 0.6) is 5.88 Å². The number of amides is 1. The van der Waals surface area contributed by atoms with Crippen molar-refractivity contribution in [2.75, 3.05) is 24.6 Å². The number of furan rings is 1. The summed E-state index contributed by atoms with van der Waals surface area (Å²) >= 11 is 0. The molecule has 0 radical (unpaired) electrons. The minimum absolute atomic E-state index is 0.0869. The monoisotopic (exact) mass is 508 g/mol. The zero-order valence-electron chi connectivity index (χ0n) is 21.5. The highest BCUT2D eigenvalue weighted by Crippen LogP contribution is 2.33. The van der Waals surface area contributed by atoms with Gasteiger partial charge in [-0.2, -0.15) is 0 Å². The van der Waals surface area contributed by atoms with Crippen LogP contribution in [0.3, 0.4) is 0 Å². The molecular formula is C26H32N6O5. The van der Waals surface area contributed by atoms with Crippen LogP contribution in [0.1, 0.15) is 40.5 Å². The molecule has 0 saturated heterocycles. The van der Waals surface area contributed by atoms with Gasteiger partial charge in [-0.15, -0.1) is 5.10 Å². The number of rotatable bonds is 9. The molecule has 2 N–H and O–H groups in total. The lowest BCUT2D eigenvalue weighted by Gasteiger charge is -2.34. The fourth-order valence-electron chi connectivity index (χ4n) is 4.42. The third-order valence-corrected chi connectivity index (χ3v) is 6.30. The van der Waals surface area contributed by atoms with Crippen LogP contribution in [-0.2, 0) is 4.74 Å². The van der Waals surface area contributed by atoms with E-state index in [-0.39, 0.29) is 17.7 Å². The molecule has 0 bridgehead atoms. The van der Waals surface area contributed by atoms with Gasteiger partial charge in [0.2, 0.25) is 5.88 Å². The first-order valence-corrected chi connectivity index (χ1v) is 12.5. The van der Waals surface area contributed by atoms with Gasteiger partial charge in [0.25, 0.3) is 0 Å². The minimum Gasteiger partial charge on any atom is -0.473 e. The molecule has 5 rings (SSSR count). The summed E-state index contributed by atoms with van der Waals surface area (Å²) in [4.78, 5) is 22.1. The van der Waals surface area contributed by atoms with Crippen LogP contribution < -0.4 is 15.0 Å². The topological polar surface area (TPSA) is 127 Å². The molecule has 4 heterocycles. The highest BCUT2D eigenvalue weighted by atomic mass is 16.5. The van der Waals surface area contributed by atoms with Crippen molar-refractivity contribution in [1.82, 2.24) is 24.9 Å². The fourth-order valence-corrected chi connectivity index (χ4v) is 4.42. The van der Waals surface area contributed by atoms with Gasteiger partial charge >= 0.3 is 6.09 Å². The molecule has 1 aliphatic rings. The molecule has 0 atom stereocenters. The number of imidazole rings is 1. The van der Waals surface area contributed by atoms with Crippen molar-refractivity contribution in [1.29, 1.82) is 0 Å². The molecule has 1 amide bonds. The summed E-state index contributed by atoms with van der Waals surface area (Å²) in [6.45, 7) is 10.3. The Morgan fingerprint density at radius 3 is 2.81 bits per heavy atom. The SMILES string of the molecule is CCN(CCOC(C)(C)C)c1nccc2oc(-c3cnc4ccc(OC5CC(NC(=O)O)C5)nn34)cc12. The number of aromatic nitrogens is 4. The molecule has 4 aromatic rings. The van der Waals surface area contributed by atoms with Crippen LogP contribution in [0.4, 0.5) is 10.6 Å². The van der Waals surface area contributed by atoms with E-state index in [1.165, 1.54) is 0 Å². The maximum Gasteiger partial charge on any atom is 0.404 e. The zero-order chi connectivity index (χ0) is 26.2. The van der Waals surface area contributed by atoms with E-state index in [4.69, 9.17) is 19.0 Å². The molecule has 37 heavy (non-hydrogen) atoms. The number of fused-ring (bicyclic) bond motifs is 2. The smallest absolute Gasteiger partial charge is 0.404 e. The maximum absolute atomic E-state index is 10.8. The molecule has 4 aromatic heterocycles. The minimum atomic E-state index is -1.02. The van der Waals surface area contributed by atoms with Crippen molar-refractivity contribution < 1.29 is 23.8 Å². The Bertz CT molecular complexity index is 1400. The second-order valence-electron chi connectivity index (χ2n) is 10.1. The van der Waals surface area contributed by atoms with E-state index >= 15 is 0 Å². The maximum atomic E-state index is 10.8. The molecule has 11 nitrogen and oxygen atoms in total. The van der Waals surface area contributed by atoms with Crippen LogP contribution in [-0.4, -0.2) is 68.2 Å². The van der Waals surface area contributed by atoms with E-state index in [1.54, 1.807) is 23.0 Å². The highest BCUT2D eigenvalue weighted by Gasteiger charge is 2.32. The molecule has 0 spiro atoms. The van der Waals surface area contributed by atoms with Gasteiger partial charge in [-0.1, -0.05) is 0 Å². The molecule has 1 aliphatic carbocycles. The predicted octanol–water partition coefficient (Wildman–Crippen LogP) is 4.36. The molecule has 11 heteroatoms. The van der Waals surface area contributed by atoms with Crippen molar-refractivity contribution in [2.45, 2.75) is 58.3 Å². The fraction of sp³-hybridized carbons (Fsp3) is 0.462. The summed E-state index contributed by atoms with van der Waals surface area (Å²) in [5, 5.41) is 16.8. The Hall–Kier alpha value is -3.86. The van der Waals surface area contributed by atoms with E-state index in [0.717, 1.165) is 23.3 Å². The average Bonchev–Trinajstić information content (AvgIpc) is 3.43. The first-order valence-electron chi connectivity index (χ1n) is 12.5. The lowest BCUT2D eigenvalue weighted by Crippen LogP contribution is -2.48. The number of carbonyl (C=O) groups is 1. The van der Waals surface area contributed by atoms with Gasteiger partial charge in [0.05, 0.1) is 23.8 Å². The van der Waals surface area contributed by atoms with Crippen LogP contribution >= 0.6 is 0 Å². The van der Waals surface area contributed by atoms with E-state index < -0.39 is 6.09 Å². The Morgan fingerprint density at radius 2 is 2.08 bits per heavy atom. The van der Waals surface area contributed by atoms with Crippen molar-refractivity contribution in [3.05, 3.63) is 36.7 Å². The van der Waals surface area contributed by atoms with Crippen LogP contribution in [0.25, 0.3) is 28.1 Å². The molecule has 0 unspecified atom stereocenters. The lowest BCUT2D eigenvalue weighted by atomic mass is 9.89. The van der Waals surface area contributed by atoms with Gasteiger partial charge < -0.3 is 29.2 Å². The molecule has 0 aliphatic heterocycles. The average molecular weight is 509 g/mol. The van der Waals surface area contributed by atoms with Gasteiger partial charge in [-0.3, -0.25) is 0 Å². The second kappa shape index (κ2) is 9.89. The quantitative estimate of drug-likeness (QED) is 0.339. The van der Waals surface area contributed by atoms with Gasteiger partial charge in [-0.25, -0.2) is 19.3 Å². The van der Waals surface area contributed by atoms with Crippen LogP contribution in [0.15, 0.2) is 41.1 Å². The zero-order valence-corrected chi connectivity index (χ0v) is 21.5. The Kier molecular flexibility index (Phi) is 6.63. The van der Waals surface area contributed by atoms with Gasteiger partial charge in [0.1, 0.15) is 23.2 Å². The predicted molar refractivity (Wildman–Crippen MR) is 138 cm³/mol. The van der Waals surface area contributed by atoms with Crippen LogP contribution in [0, 0.1) is 0 Å². The number of nitrogens with one attached hydrogen (secondary N) is 1. The number of nitrogens with zero attached hydrogens (tertiary/aromatic N) is 5. The lowest BCUT2D eigenvalue weighted by molar-refractivity contribution is 0.00138. The third-order valence-electron chi connectivity index (χ3n) is 6.30. The standard InChI is InChI=1S/C26H32N6O5/c1-5-31(10-11-35-26(2,3)4)24-18-14-21(37-20(18)8-9-27-24)19-15-28-22-6-7-23(30-32(19)22)36-17-12-16(13-17)29-25(33)34/h6-9,14-17,29H,5,10-13H2,1-4H3,(H,33,34). The number of hydrogen-bond acceptors (Lipinski definition) is 8. The van der Waals surface area contributed by atoms with E-state index in [1.807, 2.05) is 39.0 Å². The number of hydrogen-bond donors (Lipinski definition) is 2. The first-order chi connectivity index (χ1) is 17.7. The summed E-state index contributed by atoms with van der Waals surface area (Å²) < 4.78 is 19.8. The van der Waals surface area contributed by atoms with Crippen molar-refractivity contribution in [2.24, 2.45) is 0 Å². The largest absolute Gasteiger partial charge is 0.473 e. The number of ether oxygens (including phenoxy) is 2. The normalized spacial score (nSPS) is 17.6. The van der Waals surface area contributed by atoms with Crippen molar-refractivity contribution in [3.63, 3.8) is 0 Å². The molecular weight excluding hydrogens is 476 g/mol. The third kappa shape index (κ3) is 5.46. The van der Waals surface area contributed by atoms with E-state index in [0.29, 0.717) is 49.0 Å². The molecule has 196 valence electrons. The van der Waals surface area contributed by atoms with Gasteiger partial charge in [-0.05, 0) is 45.9 Å².